The van der Waals surface area contributed by atoms with E-state index in [0.29, 0.717) is 12.4 Å². The Morgan fingerprint density at radius 2 is 2.04 bits per heavy atom. The van der Waals surface area contributed by atoms with E-state index in [9.17, 15) is 0 Å². The first-order chi connectivity index (χ1) is 11.7. The third-order valence-electron chi connectivity index (χ3n) is 3.65. The Morgan fingerprint density at radius 3 is 2.79 bits per heavy atom. The van der Waals surface area contributed by atoms with E-state index in [1.54, 1.807) is 18.0 Å². The van der Waals surface area contributed by atoms with Gasteiger partial charge in [-0.15, -0.1) is 0 Å². The maximum absolute atomic E-state index is 5.75. The van der Waals surface area contributed by atoms with Crippen LogP contribution in [0.25, 0.3) is 0 Å². The van der Waals surface area contributed by atoms with E-state index in [-0.39, 0.29) is 0 Å². The number of benzene rings is 1. The van der Waals surface area contributed by atoms with E-state index >= 15 is 0 Å². The minimum atomic E-state index is 0.569. The van der Waals surface area contributed by atoms with Gasteiger partial charge in [0.25, 0.3) is 0 Å². The minimum Gasteiger partial charge on any atom is -0.481 e. The third-order valence-corrected chi connectivity index (χ3v) is 3.65. The Labute approximate surface area is 141 Å². The first kappa shape index (κ1) is 15.9. The predicted molar refractivity (Wildman–Crippen MR) is 92.6 cm³/mol. The molecule has 2 heterocycles. The molecule has 1 aromatic carbocycles. The summed E-state index contributed by atoms with van der Waals surface area (Å²) < 4.78 is 12.9. The highest BCUT2D eigenvalue weighted by atomic mass is 16.5. The molecule has 3 aromatic rings. The average Bonchev–Trinajstić information content (AvgIpc) is 2.87. The van der Waals surface area contributed by atoms with Crippen molar-refractivity contribution in [2.24, 2.45) is 7.05 Å². The molecule has 0 amide bonds. The standard InChI is InChI=1S/C18H20N4O2/c1-13-16(18(23-3)22(2)21-13)12-20-14-7-6-8-15(11-14)24-17-9-4-5-10-19-17/h4-11,20H,12H2,1-3H3. The first-order valence-electron chi connectivity index (χ1n) is 7.66. The summed E-state index contributed by atoms with van der Waals surface area (Å²) in [4.78, 5) is 4.16. The Hall–Kier alpha value is -3.02. The van der Waals surface area contributed by atoms with Crippen molar-refractivity contribution in [3.8, 4) is 17.5 Å². The zero-order valence-electron chi connectivity index (χ0n) is 14.0. The molecule has 0 aliphatic carbocycles. The van der Waals surface area contributed by atoms with Crippen molar-refractivity contribution < 1.29 is 9.47 Å². The zero-order valence-corrected chi connectivity index (χ0v) is 14.0. The Kier molecular flexibility index (Phi) is 4.65. The summed E-state index contributed by atoms with van der Waals surface area (Å²) in [7, 11) is 3.53. The SMILES string of the molecule is COc1c(CNc2cccc(Oc3ccccn3)c2)c(C)nn1C. The summed E-state index contributed by atoms with van der Waals surface area (Å²) in [5.74, 6) is 2.06. The van der Waals surface area contributed by atoms with Gasteiger partial charge in [0.15, 0.2) is 0 Å². The van der Waals surface area contributed by atoms with Crippen molar-refractivity contribution in [2.45, 2.75) is 13.5 Å². The monoisotopic (exact) mass is 324 g/mol. The Bertz CT molecular complexity index is 815. The fourth-order valence-corrected chi connectivity index (χ4v) is 2.53. The van der Waals surface area contributed by atoms with Crippen LogP contribution in [0.2, 0.25) is 0 Å². The van der Waals surface area contributed by atoms with Crippen LogP contribution in [-0.2, 0) is 13.6 Å². The van der Waals surface area contributed by atoms with Gasteiger partial charge in [-0.05, 0) is 25.1 Å². The predicted octanol–water partition coefficient (Wildman–Crippen LogP) is 3.54. The maximum atomic E-state index is 5.75. The summed E-state index contributed by atoms with van der Waals surface area (Å²) >= 11 is 0. The molecule has 24 heavy (non-hydrogen) atoms. The second kappa shape index (κ2) is 7.04. The van der Waals surface area contributed by atoms with Gasteiger partial charge in [0, 0.05) is 37.6 Å². The van der Waals surface area contributed by atoms with Crippen LogP contribution in [0.5, 0.6) is 17.5 Å². The molecular formula is C18H20N4O2. The van der Waals surface area contributed by atoms with E-state index in [2.05, 4.69) is 15.4 Å². The number of ether oxygens (including phenoxy) is 2. The largest absolute Gasteiger partial charge is 0.481 e. The summed E-state index contributed by atoms with van der Waals surface area (Å²) in [6.07, 6.45) is 1.70. The molecule has 0 atom stereocenters. The van der Waals surface area contributed by atoms with E-state index in [0.717, 1.165) is 28.6 Å². The fraction of sp³-hybridized carbons (Fsp3) is 0.222. The molecule has 3 rings (SSSR count). The first-order valence-corrected chi connectivity index (χ1v) is 7.66. The average molecular weight is 324 g/mol. The van der Waals surface area contributed by atoms with Crippen molar-refractivity contribution in [1.29, 1.82) is 0 Å². The molecule has 0 aliphatic heterocycles. The van der Waals surface area contributed by atoms with Crippen molar-refractivity contribution in [3.05, 3.63) is 59.9 Å². The number of aryl methyl sites for hydroxylation is 2. The van der Waals surface area contributed by atoms with E-state index < -0.39 is 0 Å². The molecule has 0 spiro atoms. The molecule has 124 valence electrons. The van der Waals surface area contributed by atoms with Crippen molar-refractivity contribution in [3.63, 3.8) is 0 Å². The smallest absolute Gasteiger partial charge is 0.219 e. The third kappa shape index (κ3) is 3.48. The van der Waals surface area contributed by atoms with Gasteiger partial charge >= 0.3 is 0 Å². The second-order valence-electron chi connectivity index (χ2n) is 5.35. The number of hydrogen-bond acceptors (Lipinski definition) is 5. The van der Waals surface area contributed by atoms with Crippen molar-refractivity contribution in [1.82, 2.24) is 14.8 Å². The van der Waals surface area contributed by atoms with Crippen LogP contribution >= 0.6 is 0 Å². The maximum Gasteiger partial charge on any atom is 0.219 e. The number of anilines is 1. The molecule has 2 aromatic heterocycles. The van der Waals surface area contributed by atoms with Crippen LogP contribution in [0.15, 0.2) is 48.7 Å². The number of rotatable bonds is 6. The summed E-state index contributed by atoms with van der Waals surface area (Å²) in [6.45, 7) is 2.59. The summed E-state index contributed by atoms with van der Waals surface area (Å²) in [5.41, 5.74) is 2.94. The second-order valence-corrected chi connectivity index (χ2v) is 5.35. The summed E-state index contributed by atoms with van der Waals surface area (Å²) in [5, 5.41) is 7.77. The van der Waals surface area contributed by atoms with Gasteiger partial charge < -0.3 is 14.8 Å². The highest BCUT2D eigenvalue weighted by Gasteiger charge is 2.13. The number of aromatic nitrogens is 3. The Balaban J connectivity index is 1.71. The molecule has 0 radical (unpaired) electrons. The van der Waals surface area contributed by atoms with Gasteiger partial charge in [0.2, 0.25) is 11.8 Å². The lowest BCUT2D eigenvalue weighted by molar-refractivity contribution is 0.370. The number of nitrogens with one attached hydrogen (secondary N) is 1. The number of hydrogen-bond donors (Lipinski definition) is 1. The van der Waals surface area contributed by atoms with Gasteiger partial charge in [-0.2, -0.15) is 5.10 Å². The zero-order chi connectivity index (χ0) is 16.9. The molecule has 6 heteroatoms. The van der Waals surface area contributed by atoms with Crippen LogP contribution in [0.1, 0.15) is 11.3 Å². The molecule has 0 saturated heterocycles. The van der Waals surface area contributed by atoms with Crippen LogP contribution in [0.4, 0.5) is 5.69 Å². The molecule has 0 fully saturated rings. The molecule has 6 nitrogen and oxygen atoms in total. The van der Waals surface area contributed by atoms with Gasteiger partial charge in [-0.3, -0.25) is 0 Å². The highest BCUT2D eigenvalue weighted by Crippen LogP contribution is 2.25. The molecule has 1 N–H and O–H groups in total. The number of methoxy groups -OCH3 is 1. The van der Waals surface area contributed by atoms with E-state index in [1.807, 2.05) is 56.4 Å². The van der Waals surface area contributed by atoms with Crippen molar-refractivity contribution >= 4 is 5.69 Å². The molecule has 0 saturated carbocycles. The fourth-order valence-electron chi connectivity index (χ4n) is 2.53. The van der Waals surface area contributed by atoms with E-state index in [1.165, 1.54) is 0 Å². The molecular weight excluding hydrogens is 304 g/mol. The highest BCUT2D eigenvalue weighted by molar-refractivity contribution is 5.50. The quantitative estimate of drug-likeness (QED) is 0.751. The van der Waals surface area contributed by atoms with Crippen molar-refractivity contribution in [2.75, 3.05) is 12.4 Å². The summed E-state index contributed by atoms with van der Waals surface area (Å²) in [6, 6.07) is 13.3. The van der Waals surface area contributed by atoms with Gasteiger partial charge in [0.05, 0.1) is 18.4 Å². The lowest BCUT2D eigenvalue weighted by Gasteiger charge is -2.10. The van der Waals surface area contributed by atoms with E-state index in [4.69, 9.17) is 9.47 Å². The topological polar surface area (TPSA) is 61.2 Å². The Morgan fingerprint density at radius 1 is 1.17 bits per heavy atom. The molecule has 0 unspecified atom stereocenters. The van der Waals surface area contributed by atoms with Gasteiger partial charge in [0.1, 0.15) is 5.75 Å². The minimum absolute atomic E-state index is 0.569. The number of nitrogens with zero attached hydrogens (tertiary/aromatic N) is 3. The number of pyridine rings is 1. The van der Waals surface area contributed by atoms with Gasteiger partial charge in [-0.1, -0.05) is 12.1 Å². The van der Waals surface area contributed by atoms with Crippen LogP contribution in [0.3, 0.4) is 0 Å². The molecule has 0 bridgehead atoms. The lowest BCUT2D eigenvalue weighted by atomic mass is 10.2. The van der Waals surface area contributed by atoms with Crippen LogP contribution in [-0.4, -0.2) is 21.9 Å². The normalized spacial score (nSPS) is 10.5. The van der Waals surface area contributed by atoms with Crippen LogP contribution in [0, 0.1) is 6.92 Å². The molecule has 0 aliphatic rings. The van der Waals surface area contributed by atoms with Gasteiger partial charge in [-0.25, -0.2) is 9.67 Å². The van der Waals surface area contributed by atoms with Crippen LogP contribution < -0.4 is 14.8 Å². The lowest BCUT2D eigenvalue weighted by Crippen LogP contribution is -2.03.